The normalized spacial score (nSPS) is 51.4. The van der Waals surface area contributed by atoms with E-state index in [-0.39, 0.29) is 41.2 Å². The van der Waals surface area contributed by atoms with Gasteiger partial charge in [-0.05, 0) is 114 Å². The molecule has 0 bridgehead atoms. The summed E-state index contributed by atoms with van der Waals surface area (Å²) < 4.78 is 39.7. The Kier molecular flexibility index (Phi) is 7.00. The van der Waals surface area contributed by atoms with Crippen LogP contribution in [0.4, 0.5) is 0 Å². The first kappa shape index (κ1) is 30.2. The first-order valence-electron chi connectivity index (χ1n) is 17.2. The van der Waals surface area contributed by atoms with Crippen molar-refractivity contribution in [1.82, 2.24) is 0 Å². The van der Waals surface area contributed by atoms with Gasteiger partial charge >= 0.3 is 0 Å². The van der Waals surface area contributed by atoms with Crippen molar-refractivity contribution in [3.8, 4) is 0 Å². The van der Waals surface area contributed by atoms with E-state index >= 15 is 0 Å². The Morgan fingerprint density at radius 3 is 2.05 bits per heavy atom. The summed E-state index contributed by atoms with van der Waals surface area (Å²) in [6, 6.07) is 0. The van der Waals surface area contributed by atoms with Gasteiger partial charge in [-0.25, -0.2) is 0 Å². The molecular weight excluding hydrogens is 528 g/mol. The van der Waals surface area contributed by atoms with E-state index in [0.29, 0.717) is 48.7 Å². The van der Waals surface area contributed by atoms with Crippen LogP contribution in [0.25, 0.3) is 0 Å². The molecule has 0 aromatic heterocycles. The maximum absolute atomic E-state index is 6.73. The molecule has 3 saturated heterocycles. The molecule has 7 rings (SSSR count). The van der Waals surface area contributed by atoms with E-state index in [4.69, 9.17) is 28.4 Å². The van der Waals surface area contributed by atoms with Crippen LogP contribution in [0.3, 0.4) is 0 Å². The Hall–Kier alpha value is -0.500. The van der Waals surface area contributed by atoms with Gasteiger partial charge in [-0.2, -0.15) is 0 Å². The molecule has 3 heterocycles. The molecule has 6 heteroatoms. The van der Waals surface area contributed by atoms with Crippen LogP contribution in [0, 0.1) is 52.3 Å². The molecule has 42 heavy (non-hydrogen) atoms. The van der Waals surface area contributed by atoms with Crippen LogP contribution in [0.5, 0.6) is 0 Å². The fourth-order valence-electron chi connectivity index (χ4n) is 12.1. The van der Waals surface area contributed by atoms with E-state index in [9.17, 15) is 0 Å². The molecule has 7 aliphatic rings. The van der Waals surface area contributed by atoms with E-state index in [2.05, 4.69) is 68.9 Å². The number of hydrogen-bond donors (Lipinski definition) is 0. The number of hydrogen-bond acceptors (Lipinski definition) is 6. The Labute approximate surface area is 254 Å². The highest BCUT2D eigenvalue weighted by atomic mass is 16.8. The van der Waals surface area contributed by atoms with E-state index < -0.39 is 17.4 Å². The lowest BCUT2D eigenvalue weighted by atomic mass is 9.42. The van der Waals surface area contributed by atoms with Crippen molar-refractivity contribution >= 4 is 0 Å². The zero-order valence-electron chi connectivity index (χ0n) is 27.9. The highest BCUT2D eigenvalue weighted by Crippen LogP contribution is 2.71. The van der Waals surface area contributed by atoms with E-state index in [0.717, 1.165) is 19.3 Å². The van der Waals surface area contributed by atoms with Gasteiger partial charge in [0.05, 0.1) is 37.6 Å². The Morgan fingerprint density at radius 1 is 0.738 bits per heavy atom. The number of rotatable bonds is 4. The zero-order chi connectivity index (χ0) is 30.0. The predicted octanol–water partition coefficient (Wildman–Crippen LogP) is 7.50. The van der Waals surface area contributed by atoms with Crippen LogP contribution in [0.15, 0.2) is 12.2 Å². The number of ether oxygens (including phenoxy) is 6. The van der Waals surface area contributed by atoms with Crippen LogP contribution in [-0.2, 0) is 28.4 Å². The standard InChI is InChI=1S/C36H58O6/c1-20(2)21(3)30-31(42-33(7,8)41-30)22(4)24-11-12-25-23-18-36(37-15-16-38-36)29-17-27-28(40-32(5,6)39-27)19-35(29,10)26(23)13-14-34(24,25)9/h21-31H,1,11-19H2,2-10H3/t21-,22-,23-,24+,25-,26-,27-,28+,29?,30+,31+,34+,35+/m0/s1. The lowest BCUT2D eigenvalue weighted by Gasteiger charge is -2.65. The quantitative estimate of drug-likeness (QED) is 0.318. The second-order valence-corrected chi connectivity index (χ2v) is 17.1. The second-order valence-electron chi connectivity index (χ2n) is 17.1. The average molecular weight is 587 g/mol. The fourth-order valence-corrected chi connectivity index (χ4v) is 12.1. The van der Waals surface area contributed by atoms with Crippen LogP contribution in [-0.4, -0.2) is 55.0 Å². The molecule has 0 aromatic carbocycles. The molecule has 6 nitrogen and oxygen atoms in total. The SMILES string of the molecule is C=C(C)[C@H](C)[C@H]1OC(C)(C)O[C@@H]1[C@@H](C)[C@H]1CC[C@H]2[C@@H]3CC4(OCCO4)C4C[C@@H]5OC(C)(C)O[C@@H]5C[C@]4(C)[C@H]3CC[C@]12C. The lowest BCUT2D eigenvalue weighted by Crippen LogP contribution is -2.65. The molecule has 3 aliphatic heterocycles. The third-order valence-electron chi connectivity index (χ3n) is 14.0. The van der Waals surface area contributed by atoms with Crippen molar-refractivity contribution < 1.29 is 28.4 Å². The monoisotopic (exact) mass is 586 g/mol. The topological polar surface area (TPSA) is 55.4 Å². The van der Waals surface area contributed by atoms with Crippen molar-refractivity contribution in [2.75, 3.05) is 13.2 Å². The molecule has 0 radical (unpaired) electrons. The minimum atomic E-state index is -0.556. The summed E-state index contributed by atoms with van der Waals surface area (Å²) in [5, 5.41) is 0. The molecule has 238 valence electrons. The molecule has 4 aliphatic carbocycles. The maximum atomic E-state index is 6.73. The van der Waals surface area contributed by atoms with Crippen molar-refractivity contribution in [1.29, 1.82) is 0 Å². The average Bonchev–Trinajstić information content (AvgIpc) is 3.64. The first-order valence-corrected chi connectivity index (χ1v) is 17.2. The summed E-state index contributed by atoms with van der Waals surface area (Å²) in [7, 11) is 0. The van der Waals surface area contributed by atoms with E-state index in [1.165, 1.54) is 31.3 Å². The van der Waals surface area contributed by atoms with Gasteiger partial charge in [-0.1, -0.05) is 39.8 Å². The zero-order valence-corrected chi connectivity index (χ0v) is 27.9. The Morgan fingerprint density at radius 2 is 1.36 bits per heavy atom. The van der Waals surface area contributed by atoms with Crippen molar-refractivity contribution in [3.05, 3.63) is 12.2 Å². The molecule has 13 atom stereocenters. The summed E-state index contributed by atoms with van der Waals surface area (Å²) in [5.41, 5.74) is 1.58. The Bertz CT molecular complexity index is 1080. The van der Waals surface area contributed by atoms with Crippen molar-refractivity contribution in [2.45, 2.75) is 149 Å². The van der Waals surface area contributed by atoms with Gasteiger partial charge in [0, 0.05) is 18.3 Å². The van der Waals surface area contributed by atoms with E-state index in [1.807, 2.05) is 0 Å². The van der Waals surface area contributed by atoms with Gasteiger partial charge in [-0.15, -0.1) is 0 Å². The van der Waals surface area contributed by atoms with Crippen molar-refractivity contribution in [3.63, 3.8) is 0 Å². The summed E-state index contributed by atoms with van der Waals surface area (Å²) in [6.07, 6.45) is 8.64. The molecular formula is C36H58O6. The molecule has 1 unspecified atom stereocenters. The largest absolute Gasteiger partial charge is 0.347 e. The highest BCUT2D eigenvalue weighted by Gasteiger charge is 2.70. The molecule has 7 fully saturated rings. The smallest absolute Gasteiger partial charge is 0.172 e. The summed E-state index contributed by atoms with van der Waals surface area (Å²) in [4.78, 5) is 0. The van der Waals surface area contributed by atoms with Gasteiger partial charge in [0.15, 0.2) is 17.4 Å². The highest BCUT2D eigenvalue weighted by molar-refractivity contribution is 5.16. The van der Waals surface area contributed by atoms with Gasteiger partial charge in [0.1, 0.15) is 0 Å². The van der Waals surface area contributed by atoms with Crippen LogP contribution >= 0.6 is 0 Å². The van der Waals surface area contributed by atoms with Crippen LogP contribution in [0.1, 0.15) is 107 Å². The molecule has 0 N–H and O–H groups in total. The van der Waals surface area contributed by atoms with Crippen molar-refractivity contribution in [2.24, 2.45) is 52.3 Å². The predicted molar refractivity (Wildman–Crippen MR) is 161 cm³/mol. The minimum Gasteiger partial charge on any atom is -0.347 e. The third kappa shape index (κ3) is 4.39. The first-order chi connectivity index (χ1) is 19.6. The summed E-state index contributed by atoms with van der Waals surface area (Å²) in [5.74, 6) is 2.06. The number of fused-ring (bicyclic) bond motifs is 7. The summed E-state index contributed by atoms with van der Waals surface area (Å²) in [6.45, 7) is 26.1. The Balaban J connectivity index is 1.18. The van der Waals surface area contributed by atoms with Crippen LogP contribution < -0.4 is 0 Å². The minimum absolute atomic E-state index is 0.0532. The lowest BCUT2D eigenvalue weighted by molar-refractivity contribution is -0.301. The maximum Gasteiger partial charge on any atom is 0.172 e. The fraction of sp³-hybridized carbons (Fsp3) is 0.944. The third-order valence-corrected chi connectivity index (χ3v) is 14.0. The van der Waals surface area contributed by atoms with Gasteiger partial charge in [-0.3, -0.25) is 0 Å². The second kappa shape index (κ2) is 9.75. The molecule has 0 aromatic rings. The molecule has 1 spiro atoms. The molecule has 0 amide bonds. The van der Waals surface area contributed by atoms with E-state index in [1.54, 1.807) is 0 Å². The van der Waals surface area contributed by atoms with Crippen LogP contribution in [0.2, 0.25) is 0 Å². The molecule has 4 saturated carbocycles. The summed E-state index contributed by atoms with van der Waals surface area (Å²) >= 11 is 0. The van der Waals surface area contributed by atoms with Gasteiger partial charge < -0.3 is 28.4 Å². The van der Waals surface area contributed by atoms with Gasteiger partial charge in [0.25, 0.3) is 0 Å². The van der Waals surface area contributed by atoms with Gasteiger partial charge in [0.2, 0.25) is 0 Å².